The molecule has 1 aliphatic heterocycles. The van der Waals surface area contributed by atoms with Gasteiger partial charge in [0.15, 0.2) is 0 Å². The van der Waals surface area contributed by atoms with E-state index >= 15 is 0 Å². The van der Waals surface area contributed by atoms with Gasteiger partial charge in [-0.05, 0) is 98.2 Å². The van der Waals surface area contributed by atoms with E-state index in [2.05, 4.69) is 9.62 Å². The molecule has 0 radical (unpaired) electrons. The Kier molecular flexibility index (Phi) is 7.46. The van der Waals surface area contributed by atoms with Crippen LogP contribution in [0.5, 0.6) is 0 Å². The lowest BCUT2D eigenvalue weighted by Gasteiger charge is -2.43. The van der Waals surface area contributed by atoms with Crippen molar-refractivity contribution in [3.63, 3.8) is 0 Å². The van der Waals surface area contributed by atoms with Gasteiger partial charge in [-0.1, -0.05) is 46.9 Å². The summed E-state index contributed by atoms with van der Waals surface area (Å²) in [5.74, 6) is 0.286. The lowest BCUT2D eigenvalue weighted by molar-refractivity contribution is 0.309. The van der Waals surface area contributed by atoms with E-state index < -0.39 is 15.6 Å². The van der Waals surface area contributed by atoms with Gasteiger partial charge in [0.2, 0.25) is 10.0 Å². The van der Waals surface area contributed by atoms with Crippen LogP contribution in [0.2, 0.25) is 15.1 Å². The molecule has 192 valence electrons. The number of benzene rings is 3. The van der Waals surface area contributed by atoms with Gasteiger partial charge in [0.25, 0.3) is 0 Å². The molecule has 1 aliphatic carbocycles. The first-order valence-corrected chi connectivity index (χ1v) is 14.8. The number of nitrogens with zero attached hydrogens (tertiary/aromatic N) is 2. The second-order valence-corrected chi connectivity index (χ2v) is 12.9. The van der Waals surface area contributed by atoms with Crippen molar-refractivity contribution in [1.82, 2.24) is 4.72 Å². The Hall–Kier alpha value is -2.27. The topological polar surface area (TPSA) is 73.2 Å². The highest BCUT2D eigenvalue weighted by Crippen LogP contribution is 2.47. The predicted octanol–water partition coefficient (Wildman–Crippen LogP) is 7.38. The van der Waals surface area contributed by atoms with Gasteiger partial charge in [0, 0.05) is 32.8 Å². The van der Waals surface area contributed by atoms with Crippen molar-refractivity contribution in [2.45, 2.75) is 48.6 Å². The molecule has 5 rings (SSSR count). The Morgan fingerprint density at radius 3 is 2.38 bits per heavy atom. The SMILES string of the molecule is N#Cc1cccc(S(=O)(=O)NC2(C[C@H]3CCC(c4ccc(Cl)cc4Cl)N(c4ccc(Cl)cc4)C3)CC2)c1. The van der Waals surface area contributed by atoms with Crippen LogP contribution >= 0.6 is 34.8 Å². The summed E-state index contributed by atoms with van der Waals surface area (Å²) in [6.45, 7) is 0.763. The Balaban J connectivity index is 1.36. The van der Waals surface area contributed by atoms with Crippen LogP contribution in [0.25, 0.3) is 0 Å². The highest BCUT2D eigenvalue weighted by atomic mass is 35.5. The number of sulfonamides is 1. The van der Waals surface area contributed by atoms with Gasteiger partial charge in [-0.25, -0.2) is 13.1 Å². The van der Waals surface area contributed by atoms with Crippen LogP contribution in [0.1, 0.15) is 49.3 Å². The Morgan fingerprint density at radius 1 is 0.973 bits per heavy atom. The van der Waals surface area contributed by atoms with Crippen LogP contribution in [-0.2, 0) is 10.0 Å². The molecule has 0 spiro atoms. The van der Waals surface area contributed by atoms with E-state index in [0.29, 0.717) is 20.6 Å². The van der Waals surface area contributed by atoms with Crippen LogP contribution in [-0.4, -0.2) is 20.5 Å². The molecular weight excluding hydrogens is 549 g/mol. The number of hydrogen-bond donors (Lipinski definition) is 1. The van der Waals surface area contributed by atoms with Crippen LogP contribution < -0.4 is 9.62 Å². The maximum Gasteiger partial charge on any atom is 0.241 e. The number of nitriles is 1. The summed E-state index contributed by atoms with van der Waals surface area (Å²) in [5, 5.41) is 11.1. The van der Waals surface area contributed by atoms with Gasteiger partial charge in [0.05, 0.1) is 22.6 Å². The monoisotopic (exact) mass is 573 g/mol. The van der Waals surface area contributed by atoms with Crippen LogP contribution in [0.15, 0.2) is 71.6 Å². The minimum absolute atomic E-state index is 0.0720. The van der Waals surface area contributed by atoms with Gasteiger partial charge in [0.1, 0.15) is 0 Å². The molecule has 2 fully saturated rings. The molecule has 3 aromatic carbocycles. The molecule has 3 aromatic rings. The first-order valence-electron chi connectivity index (χ1n) is 12.2. The zero-order valence-electron chi connectivity index (χ0n) is 20.0. The third-order valence-corrected chi connectivity index (χ3v) is 9.71. The van der Waals surface area contributed by atoms with Crippen molar-refractivity contribution in [2.24, 2.45) is 5.92 Å². The molecule has 1 saturated heterocycles. The van der Waals surface area contributed by atoms with Gasteiger partial charge in [-0.2, -0.15) is 5.26 Å². The molecule has 0 bridgehead atoms. The molecule has 0 aromatic heterocycles. The van der Waals surface area contributed by atoms with E-state index in [-0.39, 0.29) is 16.9 Å². The minimum atomic E-state index is -3.73. The van der Waals surface area contributed by atoms with Crippen molar-refractivity contribution >= 4 is 50.5 Å². The normalized spacial score (nSPS) is 20.9. The van der Waals surface area contributed by atoms with Crippen molar-refractivity contribution in [3.05, 3.63) is 92.9 Å². The van der Waals surface area contributed by atoms with E-state index in [1.807, 2.05) is 42.5 Å². The molecule has 1 unspecified atom stereocenters. The molecule has 2 atom stereocenters. The van der Waals surface area contributed by atoms with Crippen molar-refractivity contribution < 1.29 is 8.42 Å². The molecule has 1 saturated carbocycles. The molecular formula is C28H26Cl3N3O2S. The second kappa shape index (κ2) is 10.5. The number of anilines is 1. The van der Waals surface area contributed by atoms with Crippen LogP contribution in [0.3, 0.4) is 0 Å². The lowest BCUT2D eigenvalue weighted by Crippen LogP contribution is -2.43. The standard InChI is InChI=1S/C28H26Cl3N3O2S/c29-21-5-8-23(9-6-21)34-18-20(4-11-27(34)25-10-7-22(30)15-26(25)31)16-28(12-13-28)33-37(35,36)24-3-1-2-19(14-24)17-32/h1-3,5-10,14-15,20,27,33H,4,11-13,16,18H2/t20-,27?/m1/s1. The van der Waals surface area contributed by atoms with Crippen LogP contribution in [0.4, 0.5) is 5.69 Å². The summed E-state index contributed by atoms with van der Waals surface area (Å²) >= 11 is 18.9. The largest absolute Gasteiger partial charge is 0.364 e. The van der Waals surface area contributed by atoms with Crippen LogP contribution in [0, 0.1) is 17.2 Å². The third-order valence-electron chi connectivity index (χ3n) is 7.32. The highest BCUT2D eigenvalue weighted by Gasteiger charge is 2.48. The summed E-state index contributed by atoms with van der Waals surface area (Å²) in [7, 11) is -3.73. The maximum absolute atomic E-state index is 13.1. The summed E-state index contributed by atoms with van der Waals surface area (Å²) in [4.78, 5) is 2.47. The summed E-state index contributed by atoms with van der Waals surface area (Å²) in [6, 6.07) is 21.7. The number of halogens is 3. The third kappa shape index (κ3) is 5.92. The zero-order valence-corrected chi connectivity index (χ0v) is 23.1. The Morgan fingerprint density at radius 2 is 1.70 bits per heavy atom. The van der Waals surface area contributed by atoms with Crippen molar-refractivity contribution in [2.75, 3.05) is 11.4 Å². The average molecular weight is 575 g/mol. The average Bonchev–Trinajstić information content (AvgIpc) is 3.62. The maximum atomic E-state index is 13.1. The zero-order chi connectivity index (χ0) is 26.2. The summed E-state index contributed by atoms with van der Waals surface area (Å²) in [6.07, 6.45) is 4.17. The number of piperidine rings is 1. The fraction of sp³-hybridized carbons (Fsp3) is 0.321. The van der Waals surface area contributed by atoms with Crippen molar-refractivity contribution in [1.29, 1.82) is 5.26 Å². The van der Waals surface area contributed by atoms with Gasteiger partial charge < -0.3 is 4.90 Å². The first-order chi connectivity index (χ1) is 17.7. The lowest BCUT2D eigenvalue weighted by atomic mass is 9.84. The molecule has 37 heavy (non-hydrogen) atoms. The molecule has 9 heteroatoms. The molecule has 5 nitrogen and oxygen atoms in total. The van der Waals surface area contributed by atoms with E-state index in [1.165, 1.54) is 12.1 Å². The summed E-state index contributed by atoms with van der Waals surface area (Å²) < 4.78 is 29.3. The highest BCUT2D eigenvalue weighted by molar-refractivity contribution is 7.89. The Bertz CT molecular complexity index is 1450. The molecule has 2 aliphatic rings. The van der Waals surface area contributed by atoms with Gasteiger partial charge >= 0.3 is 0 Å². The Labute approximate surface area is 233 Å². The quantitative estimate of drug-likeness (QED) is 0.320. The van der Waals surface area contributed by atoms with Gasteiger partial charge in [-0.15, -0.1) is 0 Å². The molecule has 1 heterocycles. The van der Waals surface area contributed by atoms with E-state index in [1.54, 1.807) is 18.2 Å². The molecule has 1 N–H and O–H groups in total. The van der Waals surface area contributed by atoms with E-state index in [0.717, 1.165) is 49.9 Å². The second-order valence-electron chi connectivity index (χ2n) is 9.98. The molecule has 0 amide bonds. The fourth-order valence-corrected chi connectivity index (χ4v) is 7.53. The number of hydrogen-bond acceptors (Lipinski definition) is 4. The number of nitrogens with one attached hydrogen (secondary N) is 1. The van der Waals surface area contributed by atoms with Gasteiger partial charge in [-0.3, -0.25) is 0 Å². The summed E-state index contributed by atoms with van der Waals surface area (Å²) in [5.41, 5.74) is 1.94. The number of rotatable bonds is 7. The predicted molar refractivity (Wildman–Crippen MR) is 149 cm³/mol. The fourth-order valence-electron chi connectivity index (χ4n) is 5.35. The van der Waals surface area contributed by atoms with E-state index in [9.17, 15) is 8.42 Å². The first kappa shape index (κ1) is 26.3. The minimum Gasteiger partial charge on any atom is -0.364 e. The van der Waals surface area contributed by atoms with E-state index in [4.69, 9.17) is 40.1 Å². The van der Waals surface area contributed by atoms with Crippen molar-refractivity contribution in [3.8, 4) is 6.07 Å². The smallest absolute Gasteiger partial charge is 0.241 e.